The van der Waals surface area contributed by atoms with Crippen LogP contribution in [0.2, 0.25) is 0 Å². The molecule has 1 aliphatic rings. The number of benzene rings is 2. The molecule has 0 bridgehead atoms. The lowest BCUT2D eigenvalue weighted by atomic mass is 9.99. The van der Waals surface area contributed by atoms with E-state index in [1.165, 1.54) is 12.1 Å². The standard InChI is InChI=1S/C16H15N3O2S.ClH/c17-10-12-3-1-5-14(9-12)22(20,21)19-16-6-2-4-13-11-18-8-7-15(13)16;/h1-6,9,18-19H,7-8,11H2;1H. The summed E-state index contributed by atoms with van der Waals surface area (Å²) in [5.74, 6) is 0. The lowest BCUT2D eigenvalue weighted by Crippen LogP contribution is -2.25. The van der Waals surface area contributed by atoms with Crippen molar-refractivity contribution >= 4 is 28.1 Å². The van der Waals surface area contributed by atoms with Gasteiger partial charge < -0.3 is 5.32 Å². The molecule has 0 saturated heterocycles. The largest absolute Gasteiger partial charge is 0.312 e. The van der Waals surface area contributed by atoms with E-state index in [0.717, 1.165) is 30.6 Å². The van der Waals surface area contributed by atoms with Gasteiger partial charge in [-0.15, -0.1) is 12.4 Å². The number of rotatable bonds is 3. The summed E-state index contributed by atoms with van der Waals surface area (Å²) in [7, 11) is -3.70. The average molecular weight is 350 g/mol. The van der Waals surface area contributed by atoms with E-state index in [9.17, 15) is 8.42 Å². The molecule has 0 amide bonds. The molecule has 0 aliphatic carbocycles. The third-order valence-electron chi connectivity index (χ3n) is 3.66. The van der Waals surface area contributed by atoms with Crippen LogP contribution in [0.1, 0.15) is 16.7 Å². The van der Waals surface area contributed by atoms with Crippen LogP contribution in [-0.4, -0.2) is 15.0 Å². The van der Waals surface area contributed by atoms with Gasteiger partial charge in [-0.25, -0.2) is 8.42 Å². The fourth-order valence-electron chi connectivity index (χ4n) is 2.56. The van der Waals surface area contributed by atoms with Crippen molar-refractivity contribution in [2.45, 2.75) is 17.9 Å². The minimum absolute atomic E-state index is 0. The van der Waals surface area contributed by atoms with Gasteiger partial charge in [0.05, 0.1) is 22.2 Å². The minimum atomic E-state index is -3.70. The van der Waals surface area contributed by atoms with Gasteiger partial charge in [0.2, 0.25) is 0 Å². The normalized spacial score (nSPS) is 13.3. The van der Waals surface area contributed by atoms with Gasteiger partial charge in [0, 0.05) is 6.54 Å². The fraction of sp³-hybridized carbons (Fsp3) is 0.188. The van der Waals surface area contributed by atoms with Crippen molar-refractivity contribution in [3.8, 4) is 6.07 Å². The predicted molar refractivity (Wildman–Crippen MR) is 91.1 cm³/mol. The SMILES string of the molecule is Cl.N#Cc1cccc(S(=O)(=O)Nc2cccc3c2CCNC3)c1. The van der Waals surface area contributed by atoms with Crippen LogP contribution in [0.3, 0.4) is 0 Å². The van der Waals surface area contributed by atoms with Crippen LogP contribution in [0.5, 0.6) is 0 Å². The van der Waals surface area contributed by atoms with Crippen LogP contribution in [0.25, 0.3) is 0 Å². The van der Waals surface area contributed by atoms with Gasteiger partial charge in [-0.3, -0.25) is 4.72 Å². The van der Waals surface area contributed by atoms with E-state index in [4.69, 9.17) is 5.26 Å². The van der Waals surface area contributed by atoms with Crippen molar-refractivity contribution in [1.82, 2.24) is 5.32 Å². The summed E-state index contributed by atoms with van der Waals surface area (Å²) in [6, 6.07) is 13.6. The molecule has 2 aromatic rings. The van der Waals surface area contributed by atoms with Crippen molar-refractivity contribution in [3.63, 3.8) is 0 Å². The van der Waals surface area contributed by atoms with E-state index >= 15 is 0 Å². The first kappa shape index (κ1) is 17.3. The smallest absolute Gasteiger partial charge is 0.261 e. The third-order valence-corrected chi connectivity index (χ3v) is 5.02. The third kappa shape index (κ3) is 3.64. The zero-order chi connectivity index (χ0) is 15.6. The molecule has 1 aliphatic heterocycles. The van der Waals surface area contributed by atoms with E-state index < -0.39 is 10.0 Å². The monoisotopic (exact) mass is 349 g/mol. The Morgan fingerprint density at radius 3 is 2.74 bits per heavy atom. The van der Waals surface area contributed by atoms with Crippen molar-refractivity contribution in [2.24, 2.45) is 0 Å². The molecule has 0 fully saturated rings. The van der Waals surface area contributed by atoms with Gasteiger partial charge in [0.25, 0.3) is 10.0 Å². The molecule has 7 heteroatoms. The van der Waals surface area contributed by atoms with E-state index in [-0.39, 0.29) is 17.3 Å². The highest BCUT2D eigenvalue weighted by Crippen LogP contribution is 2.25. The van der Waals surface area contributed by atoms with Crippen LogP contribution in [-0.2, 0) is 23.0 Å². The van der Waals surface area contributed by atoms with Gasteiger partial charge in [-0.05, 0) is 48.4 Å². The predicted octanol–water partition coefficient (Wildman–Crippen LogP) is 2.43. The quantitative estimate of drug-likeness (QED) is 0.891. The molecule has 0 spiro atoms. The van der Waals surface area contributed by atoms with Crippen LogP contribution < -0.4 is 10.0 Å². The second kappa shape index (κ2) is 7.01. The van der Waals surface area contributed by atoms with E-state index in [1.807, 2.05) is 18.2 Å². The highest BCUT2D eigenvalue weighted by molar-refractivity contribution is 7.92. The van der Waals surface area contributed by atoms with Gasteiger partial charge in [-0.1, -0.05) is 18.2 Å². The maximum atomic E-state index is 12.5. The first-order valence-electron chi connectivity index (χ1n) is 6.94. The molecular weight excluding hydrogens is 334 g/mol. The Hall–Kier alpha value is -2.07. The molecule has 0 radical (unpaired) electrons. The molecule has 2 aromatic carbocycles. The Balaban J connectivity index is 0.00000192. The van der Waals surface area contributed by atoms with Crippen molar-refractivity contribution in [1.29, 1.82) is 5.26 Å². The van der Waals surface area contributed by atoms with Gasteiger partial charge in [-0.2, -0.15) is 5.26 Å². The molecule has 0 atom stereocenters. The Kier molecular flexibility index (Phi) is 5.26. The molecule has 0 saturated carbocycles. The van der Waals surface area contributed by atoms with Crippen LogP contribution in [0, 0.1) is 11.3 Å². The maximum Gasteiger partial charge on any atom is 0.261 e. The maximum absolute atomic E-state index is 12.5. The lowest BCUT2D eigenvalue weighted by Gasteiger charge is -2.21. The summed E-state index contributed by atoms with van der Waals surface area (Å²) in [5, 5.41) is 12.2. The Labute approximate surface area is 141 Å². The minimum Gasteiger partial charge on any atom is -0.312 e. The fourth-order valence-corrected chi connectivity index (χ4v) is 3.70. The molecule has 23 heavy (non-hydrogen) atoms. The van der Waals surface area contributed by atoms with Crippen LogP contribution in [0.4, 0.5) is 5.69 Å². The van der Waals surface area contributed by atoms with E-state index in [1.54, 1.807) is 18.2 Å². The molecule has 0 aromatic heterocycles. The Bertz CT molecular complexity index is 860. The number of nitrogens with zero attached hydrogens (tertiary/aromatic N) is 1. The van der Waals surface area contributed by atoms with Gasteiger partial charge >= 0.3 is 0 Å². The van der Waals surface area contributed by atoms with Crippen molar-refractivity contribution < 1.29 is 8.42 Å². The first-order chi connectivity index (χ1) is 10.6. The van der Waals surface area contributed by atoms with Crippen LogP contribution in [0.15, 0.2) is 47.4 Å². The van der Waals surface area contributed by atoms with E-state index in [0.29, 0.717) is 11.3 Å². The molecule has 3 rings (SSSR count). The van der Waals surface area contributed by atoms with Crippen molar-refractivity contribution in [2.75, 3.05) is 11.3 Å². The zero-order valence-corrected chi connectivity index (χ0v) is 13.9. The highest BCUT2D eigenvalue weighted by Gasteiger charge is 2.19. The summed E-state index contributed by atoms with van der Waals surface area (Å²) in [4.78, 5) is 0.0955. The molecule has 2 N–H and O–H groups in total. The number of hydrogen-bond acceptors (Lipinski definition) is 4. The molecule has 0 unspecified atom stereocenters. The Morgan fingerprint density at radius 1 is 1.17 bits per heavy atom. The number of sulfonamides is 1. The average Bonchev–Trinajstić information content (AvgIpc) is 2.55. The highest BCUT2D eigenvalue weighted by atomic mass is 35.5. The second-order valence-corrected chi connectivity index (χ2v) is 6.80. The van der Waals surface area contributed by atoms with Gasteiger partial charge in [0.1, 0.15) is 0 Å². The van der Waals surface area contributed by atoms with E-state index in [2.05, 4.69) is 10.0 Å². The number of hydrogen-bond donors (Lipinski definition) is 2. The van der Waals surface area contributed by atoms with Crippen LogP contribution >= 0.6 is 12.4 Å². The molecule has 1 heterocycles. The topological polar surface area (TPSA) is 82.0 Å². The summed E-state index contributed by atoms with van der Waals surface area (Å²) >= 11 is 0. The molecular formula is C16H16ClN3O2S. The summed E-state index contributed by atoms with van der Waals surface area (Å²) in [6.07, 6.45) is 0.784. The lowest BCUT2D eigenvalue weighted by molar-refractivity contribution is 0.600. The van der Waals surface area contributed by atoms with Crippen molar-refractivity contribution in [3.05, 3.63) is 59.2 Å². The number of halogens is 1. The summed E-state index contributed by atoms with van der Waals surface area (Å²) in [5.41, 5.74) is 3.07. The number of nitriles is 1. The van der Waals surface area contributed by atoms with Gasteiger partial charge in [0.15, 0.2) is 0 Å². The molecule has 5 nitrogen and oxygen atoms in total. The number of nitrogens with one attached hydrogen (secondary N) is 2. The second-order valence-electron chi connectivity index (χ2n) is 5.12. The number of fused-ring (bicyclic) bond motifs is 1. The zero-order valence-electron chi connectivity index (χ0n) is 12.2. The molecule has 120 valence electrons. The Morgan fingerprint density at radius 2 is 1.96 bits per heavy atom. The summed E-state index contributed by atoms with van der Waals surface area (Å²) < 4.78 is 27.7. The first-order valence-corrected chi connectivity index (χ1v) is 8.43. The summed E-state index contributed by atoms with van der Waals surface area (Å²) in [6.45, 7) is 1.57. The number of anilines is 1.